The Morgan fingerprint density at radius 1 is 0.935 bits per heavy atom. The second kappa shape index (κ2) is 9.22. The molecule has 0 aromatic heterocycles. The van der Waals surface area contributed by atoms with Crippen molar-refractivity contribution in [2.75, 3.05) is 23.3 Å². The molecule has 3 rings (SSSR count). The molecule has 0 radical (unpaired) electrons. The van der Waals surface area contributed by atoms with Crippen molar-refractivity contribution in [3.05, 3.63) is 83.4 Å². The van der Waals surface area contributed by atoms with Gasteiger partial charge in [0.05, 0.1) is 23.4 Å². The molecule has 0 fully saturated rings. The van der Waals surface area contributed by atoms with E-state index < -0.39 is 15.9 Å². The number of carbonyl (C=O) groups excluding carboxylic acids is 1. The maximum absolute atomic E-state index is 13.5. The number of benzene rings is 3. The largest absolute Gasteiger partial charge is 0.495 e. The number of aryl methyl sites for hydroxylation is 3. The van der Waals surface area contributed by atoms with Crippen LogP contribution in [0.25, 0.3) is 0 Å². The Labute approximate surface area is 183 Å². The van der Waals surface area contributed by atoms with Gasteiger partial charge in [-0.1, -0.05) is 47.5 Å². The number of anilines is 2. The summed E-state index contributed by atoms with van der Waals surface area (Å²) in [4.78, 5) is 13.0. The van der Waals surface area contributed by atoms with Gasteiger partial charge < -0.3 is 10.1 Å². The van der Waals surface area contributed by atoms with E-state index in [9.17, 15) is 13.2 Å². The van der Waals surface area contributed by atoms with Gasteiger partial charge in [0.25, 0.3) is 10.0 Å². The van der Waals surface area contributed by atoms with Crippen molar-refractivity contribution in [3.63, 3.8) is 0 Å². The van der Waals surface area contributed by atoms with E-state index in [1.807, 2.05) is 32.9 Å². The molecule has 3 aromatic carbocycles. The average molecular weight is 439 g/mol. The maximum atomic E-state index is 13.5. The fourth-order valence-electron chi connectivity index (χ4n) is 3.29. The molecule has 0 bridgehead atoms. The first-order valence-corrected chi connectivity index (χ1v) is 11.3. The average Bonchev–Trinajstić information content (AvgIpc) is 2.73. The number of amides is 1. The molecule has 7 heteroatoms. The number of ether oxygens (including phenoxy) is 1. The number of hydrogen-bond acceptors (Lipinski definition) is 4. The molecule has 0 aliphatic carbocycles. The smallest absolute Gasteiger partial charge is 0.264 e. The van der Waals surface area contributed by atoms with Gasteiger partial charge in [-0.05, 0) is 56.7 Å². The summed E-state index contributed by atoms with van der Waals surface area (Å²) in [6.45, 7) is 5.28. The summed E-state index contributed by atoms with van der Waals surface area (Å²) in [5.74, 6) is 0.0236. The second-order valence-corrected chi connectivity index (χ2v) is 9.23. The highest BCUT2D eigenvalue weighted by molar-refractivity contribution is 7.92. The Bertz CT molecular complexity index is 1190. The van der Waals surface area contributed by atoms with Crippen LogP contribution in [0.5, 0.6) is 5.75 Å². The molecule has 0 saturated carbocycles. The second-order valence-electron chi connectivity index (χ2n) is 7.36. The van der Waals surface area contributed by atoms with Crippen LogP contribution in [0.3, 0.4) is 0 Å². The van der Waals surface area contributed by atoms with Gasteiger partial charge in [0.2, 0.25) is 5.91 Å². The summed E-state index contributed by atoms with van der Waals surface area (Å²) in [5, 5.41) is 2.76. The fourth-order valence-corrected chi connectivity index (χ4v) is 4.78. The van der Waals surface area contributed by atoms with Crippen LogP contribution in [-0.4, -0.2) is 28.0 Å². The van der Waals surface area contributed by atoms with Crippen molar-refractivity contribution in [2.45, 2.75) is 25.7 Å². The normalized spacial score (nSPS) is 11.1. The monoisotopic (exact) mass is 438 g/mol. The minimum absolute atomic E-state index is 0.128. The molecule has 0 heterocycles. The van der Waals surface area contributed by atoms with Crippen LogP contribution in [0.2, 0.25) is 0 Å². The number of nitrogens with zero attached hydrogens (tertiary/aromatic N) is 1. The Kier molecular flexibility index (Phi) is 6.65. The molecule has 1 N–H and O–H groups in total. The molecule has 0 atom stereocenters. The standard InChI is InChI=1S/C24H26N2O4S/c1-17-9-12-20(13-10-17)31(28,29)26(22-14-11-18(2)15-19(22)3)16-24(27)25-21-7-5-6-8-23(21)30-4/h5-15H,16H2,1-4H3,(H,25,27). The van der Waals surface area contributed by atoms with E-state index in [4.69, 9.17) is 4.74 Å². The Morgan fingerprint density at radius 3 is 2.23 bits per heavy atom. The molecule has 0 aliphatic heterocycles. The van der Waals surface area contributed by atoms with Crippen LogP contribution in [0, 0.1) is 20.8 Å². The van der Waals surface area contributed by atoms with Gasteiger partial charge >= 0.3 is 0 Å². The number of nitrogens with one attached hydrogen (secondary N) is 1. The molecule has 3 aromatic rings. The zero-order valence-corrected chi connectivity index (χ0v) is 18.9. The first-order chi connectivity index (χ1) is 14.7. The fraction of sp³-hybridized carbons (Fsp3) is 0.208. The van der Waals surface area contributed by atoms with Crippen LogP contribution in [0.15, 0.2) is 71.6 Å². The lowest BCUT2D eigenvalue weighted by Gasteiger charge is -2.26. The molecule has 0 aliphatic rings. The van der Waals surface area contributed by atoms with Gasteiger partial charge in [-0.25, -0.2) is 8.42 Å². The van der Waals surface area contributed by atoms with Crippen molar-refractivity contribution in [1.82, 2.24) is 0 Å². The quantitative estimate of drug-likeness (QED) is 0.591. The highest BCUT2D eigenvalue weighted by Gasteiger charge is 2.28. The minimum Gasteiger partial charge on any atom is -0.495 e. The zero-order valence-electron chi connectivity index (χ0n) is 18.0. The molecule has 0 unspecified atom stereocenters. The molecule has 6 nitrogen and oxygen atoms in total. The molecule has 1 amide bonds. The van der Waals surface area contributed by atoms with E-state index in [-0.39, 0.29) is 11.4 Å². The first kappa shape index (κ1) is 22.4. The number of sulfonamides is 1. The summed E-state index contributed by atoms with van der Waals surface area (Å²) in [6, 6.07) is 19.0. The van der Waals surface area contributed by atoms with Gasteiger partial charge in [-0.3, -0.25) is 9.10 Å². The lowest BCUT2D eigenvalue weighted by Crippen LogP contribution is -2.38. The van der Waals surface area contributed by atoms with Gasteiger partial charge in [0, 0.05) is 0 Å². The minimum atomic E-state index is -3.97. The highest BCUT2D eigenvalue weighted by Crippen LogP contribution is 2.28. The summed E-state index contributed by atoms with van der Waals surface area (Å²) >= 11 is 0. The van der Waals surface area contributed by atoms with Crippen molar-refractivity contribution < 1.29 is 17.9 Å². The third-order valence-electron chi connectivity index (χ3n) is 4.90. The summed E-state index contributed by atoms with van der Waals surface area (Å²) in [7, 11) is -2.46. The van der Waals surface area contributed by atoms with E-state index in [1.54, 1.807) is 54.6 Å². The van der Waals surface area contributed by atoms with E-state index in [0.717, 1.165) is 21.0 Å². The van der Waals surface area contributed by atoms with E-state index in [0.29, 0.717) is 17.1 Å². The Morgan fingerprint density at radius 2 is 1.58 bits per heavy atom. The number of para-hydroxylation sites is 2. The first-order valence-electron chi connectivity index (χ1n) is 9.82. The van der Waals surface area contributed by atoms with Crippen LogP contribution in [0.4, 0.5) is 11.4 Å². The number of rotatable bonds is 7. The van der Waals surface area contributed by atoms with Gasteiger partial charge in [0.15, 0.2) is 0 Å². The van der Waals surface area contributed by atoms with Gasteiger partial charge in [0.1, 0.15) is 12.3 Å². The molecule has 0 saturated heterocycles. The van der Waals surface area contributed by atoms with Crippen LogP contribution < -0.4 is 14.4 Å². The third-order valence-corrected chi connectivity index (χ3v) is 6.67. The molecule has 31 heavy (non-hydrogen) atoms. The van der Waals surface area contributed by atoms with Gasteiger partial charge in [-0.2, -0.15) is 0 Å². The summed E-state index contributed by atoms with van der Waals surface area (Å²) < 4.78 is 33.4. The predicted octanol–water partition coefficient (Wildman–Crippen LogP) is 4.45. The van der Waals surface area contributed by atoms with E-state index in [2.05, 4.69) is 5.32 Å². The lowest BCUT2D eigenvalue weighted by molar-refractivity contribution is -0.114. The van der Waals surface area contributed by atoms with E-state index in [1.165, 1.54) is 7.11 Å². The van der Waals surface area contributed by atoms with Gasteiger partial charge in [-0.15, -0.1) is 0 Å². The molecule has 0 spiro atoms. The number of methoxy groups -OCH3 is 1. The van der Waals surface area contributed by atoms with Crippen molar-refractivity contribution in [3.8, 4) is 5.75 Å². The Balaban J connectivity index is 2.00. The SMILES string of the molecule is COc1ccccc1NC(=O)CN(c1ccc(C)cc1C)S(=O)(=O)c1ccc(C)cc1. The third kappa shape index (κ3) is 5.06. The zero-order chi connectivity index (χ0) is 22.6. The summed E-state index contributed by atoms with van der Waals surface area (Å²) in [5.41, 5.74) is 3.66. The van der Waals surface area contributed by atoms with Crippen molar-refractivity contribution in [1.29, 1.82) is 0 Å². The lowest BCUT2D eigenvalue weighted by atomic mass is 10.1. The van der Waals surface area contributed by atoms with Crippen molar-refractivity contribution in [2.24, 2.45) is 0 Å². The molecule has 162 valence electrons. The van der Waals surface area contributed by atoms with Crippen LogP contribution >= 0.6 is 0 Å². The molecular weight excluding hydrogens is 412 g/mol. The van der Waals surface area contributed by atoms with E-state index >= 15 is 0 Å². The summed E-state index contributed by atoms with van der Waals surface area (Å²) in [6.07, 6.45) is 0. The number of carbonyl (C=O) groups is 1. The Hall–Kier alpha value is -3.32. The van der Waals surface area contributed by atoms with Crippen LogP contribution in [0.1, 0.15) is 16.7 Å². The van der Waals surface area contributed by atoms with Crippen LogP contribution in [-0.2, 0) is 14.8 Å². The van der Waals surface area contributed by atoms with Crippen molar-refractivity contribution >= 4 is 27.3 Å². The maximum Gasteiger partial charge on any atom is 0.264 e. The topological polar surface area (TPSA) is 75.7 Å². The highest BCUT2D eigenvalue weighted by atomic mass is 32.2. The molecular formula is C24H26N2O4S. The number of hydrogen-bond donors (Lipinski definition) is 1. The predicted molar refractivity (Wildman–Crippen MR) is 123 cm³/mol.